The van der Waals surface area contributed by atoms with E-state index in [2.05, 4.69) is 10.1 Å². The van der Waals surface area contributed by atoms with Gasteiger partial charge < -0.3 is 10.1 Å². The molecule has 0 heterocycles. The fraction of sp³-hybridized carbons (Fsp3) is 0.462. The van der Waals surface area contributed by atoms with E-state index in [0.717, 1.165) is 6.42 Å². The number of ether oxygens (including phenoxy) is 1. The van der Waals surface area contributed by atoms with Crippen LogP contribution in [-0.2, 0) is 4.79 Å². The number of hydrogen-bond donors (Lipinski definition) is 1. The first-order valence-corrected chi connectivity index (χ1v) is 5.92. The molecule has 0 aromatic heterocycles. The second-order valence-electron chi connectivity index (χ2n) is 4.23. The van der Waals surface area contributed by atoms with Crippen LogP contribution in [0.5, 0.6) is 5.75 Å². The van der Waals surface area contributed by atoms with Gasteiger partial charge in [-0.15, -0.1) is 0 Å². The Morgan fingerprint density at radius 1 is 1.32 bits per heavy atom. The Morgan fingerprint density at radius 2 is 1.89 bits per heavy atom. The quantitative estimate of drug-likeness (QED) is 0.891. The third-order valence-corrected chi connectivity index (χ3v) is 2.58. The van der Waals surface area contributed by atoms with E-state index in [1.807, 2.05) is 6.92 Å². The van der Waals surface area contributed by atoms with Crippen molar-refractivity contribution < 1.29 is 22.7 Å². The molecule has 0 bridgehead atoms. The molecule has 0 spiro atoms. The van der Waals surface area contributed by atoms with Crippen LogP contribution in [0.4, 0.5) is 18.9 Å². The van der Waals surface area contributed by atoms with Gasteiger partial charge in [0.05, 0.1) is 0 Å². The molecule has 19 heavy (non-hydrogen) atoms. The Morgan fingerprint density at radius 3 is 2.37 bits per heavy atom. The van der Waals surface area contributed by atoms with Crippen molar-refractivity contribution in [1.82, 2.24) is 0 Å². The van der Waals surface area contributed by atoms with Crippen LogP contribution in [0.2, 0.25) is 0 Å². The average molecular weight is 275 g/mol. The number of hydrogen-bond acceptors (Lipinski definition) is 2. The third kappa shape index (κ3) is 5.63. The fourth-order valence-corrected chi connectivity index (χ4v) is 1.25. The Kier molecular flexibility index (Phi) is 5.20. The molecule has 1 amide bonds. The van der Waals surface area contributed by atoms with E-state index < -0.39 is 12.8 Å². The van der Waals surface area contributed by atoms with Gasteiger partial charge in [-0.3, -0.25) is 4.79 Å². The molecule has 0 radical (unpaired) electrons. The van der Waals surface area contributed by atoms with Crippen LogP contribution in [0.25, 0.3) is 0 Å². The van der Waals surface area contributed by atoms with Crippen molar-refractivity contribution in [2.45, 2.75) is 26.4 Å². The first-order chi connectivity index (χ1) is 8.81. The Hall–Kier alpha value is -1.72. The minimum Gasteiger partial charge on any atom is -0.484 e. The molecule has 0 aliphatic heterocycles. The molecule has 1 N–H and O–H groups in total. The number of alkyl halides is 3. The number of benzene rings is 1. The highest BCUT2D eigenvalue weighted by Gasteiger charge is 2.28. The normalized spacial score (nSPS) is 12.9. The summed E-state index contributed by atoms with van der Waals surface area (Å²) in [7, 11) is 0. The molecule has 0 aliphatic rings. The molecule has 6 heteroatoms. The van der Waals surface area contributed by atoms with Crippen LogP contribution in [0, 0.1) is 5.92 Å². The van der Waals surface area contributed by atoms with Gasteiger partial charge in [-0.2, -0.15) is 13.2 Å². The van der Waals surface area contributed by atoms with Gasteiger partial charge in [-0.05, 0) is 30.7 Å². The molecule has 3 nitrogen and oxygen atoms in total. The van der Waals surface area contributed by atoms with Crippen LogP contribution in [-0.4, -0.2) is 18.7 Å². The van der Waals surface area contributed by atoms with Crippen molar-refractivity contribution in [1.29, 1.82) is 0 Å². The minimum absolute atomic E-state index is 0.110. The summed E-state index contributed by atoms with van der Waals surface area (Å²) in [4.78, 5) is 11.6. The molecule has 0 saturated heterocycles. The van der Waals surface area contributed by atoms with Crippen molar-refractivity contribution in [2.24, 2.45) is 5.92 Å². The highest BCUT2D eigenvalue weighted by atomic mass is 19.4. The predicted octanol–water partition coefficient (Wildman–Crippen LogP) is 3.61. The summed E-state index contributed by atoms with van der Waals surface area (Å²) in [5, 5.41) is 2.68. The van der Waals surface area contributed by atoms with E-state index in [-0.39, 0.29) is 17.6 Å². The van der Waals surface area contributed by atoms with Gasteiger partial charge in [0.2, 0.25) is 5.91 Å². The maximum absolute atomic E-state index is 11.9. The van der Waals surface area contributed by atoms with Crippen LogP contribution in [0.1, 0.15) is 20.3 Å². The molecule has 1 atom stereocenters. The van der Waals surface area contributed by atoms with Crippen molar-refractivity contribution in [3.63, 3.8) is 0 Å². The number of amides is 1. The SMILES string of the molecule is CCC(C)C(=O)Nc1ccc(OCC(F)(F)F)cc1. The van der Waals surface area contributed by atoms with E-state index in [9.17, 15) is 18.0 Å². The second-order valence-corrected chi connectivity index (χ2v) is 4.23. The Balaban J connectivity index is 2.54. The zero-order valence-electron chi connectivity index (χ0n) is 10.8. The lowest BCUT2D eigenvalue weighted by Gasteiger charge is -2.11. The second kappa shape index (κ2) is 6.45. The largest absolute Gasteiger partial charge is 0.484 e. The first-order valence-electron chi connectivity index (χ1n) is 5.92. The smallest absolute Gasteiger partial charge is 0.422 e. The van der Waals surface area contributed by atoms with Gasteiger partial charge in [-0.1, -0.05) is 13.8 Å². The van der Waals surface area contributed by atoms with Crippen LogP contribution < -0.4 is 10.1 Å². The summed E-state index contributed by atoms with van der Waals surface area (Å²) in [5.74, 6) is -0.119. The molecule has 1 aromatic carbocycles. The molecule has 1 rings (SSSR count). The Bertz CT molecular complexity index is 415. The average Bonchev–Trinajstić information content (AvgIpc) is 2.36. The number of rotatable bonds is 5. The molecule has 0 saturated carbocycles. The van der Waals surface area contributed by atoms with E-state index in [1.54, 1.807) is 6.92 Å². The maximum atomic E-state index is 11.9. The van der Waals surface area contributed by atoms with Crippen LogP contribution in [0.3, 0.4) is 0 Å². The Labute approximate surface area is 109 Å². The molecule has 1 unspecified atom stereocenters. The number of nitrogens with one attached hydrogen (secondary N) is 1. The fourth-order valence-electron chi connectivity index (χ4n) is 1.25. The number of carbonyl (C=O) groups excluding carboxylic acids is 1. The lowest BCUT2D eigenvalue weighted by atomic mass is 10.1. The maximum Gasteiger partial charge on any atom is 0.422 e. The molecule has 1 aromatic rings. The van der Waals surface area contributed by atoms with Crippen molar-refractivity contribution in [2.75, 3.05) is 11.9 Å². The zero-order valence-corrected chi connectivity index (χ0v) is 10.8. The van der Waals surface area contributed by atoms with Crippen molar-refractivity contribution in [3.05, 3.63) is 24.3 Å². The predicted molar refractivity (Wildman–Crippen MR) is 66.1 cm³/mol. The van der Waals surface area contributed by atoms with Crippen molar-refractivity contribution >= 4 is 11.6 Å². The third-order valence-electron chi connectivity index (χ3n) is 2.58. The standard InChI is InChI=1S/C13H16F3NO2/c1-3-9(2)12(18)17-10-4-6-11(7-5-10)19-8-13(14,15)16/h4-7,9H,3,8H2,1-2H3,(H,17,18). The zero-order chi connectivity index (χ0) is 14.5. The highest BCUT2D eigenvalue weighted by molar-refractivity contribution is 5.92. The molecule has 0 fully saturated rings. The first kappa shape index (κ1) is 15.3. The van der Waals surface area contributed by atoms with E-state index in [0.29, 0.717) is 5.69 Å². The summed E-state index contributed by atoms with van der Waals surface area (Å²) in [6.45, 7) is 2.38. The summed E-state index contributed by atoms with van der Waals surface area (Å²) in [6, 6.07) is 5.79. The van der Waals surface area contributed by atoms with Crippen molar-refractivity contribution in [3.8, 4) is 5.75 Å². The molecule has 106 valence electrons. The van der Waals surface area contributed by atoms with Crippen LogP contribution in [0.15, 0.2) is 24.3 Å². The number of carbonyl (C=O) groups is 1. The lowest BCUT2D eigenvalue weighted by Crippen LogP contribution is -2.20. The monoisotopic (exact) mass is 275 g/mol. The lowest BCUT2D eigenvalue weighted by molar-refractivity contribution is -0.153. The van der Waals surface area contributed by atoms with Gasteiger partial charge >= 0.3 is 6.18 Å². The van der Waals surface area contributed by atoms with E-state index in [1.165, 1.54) is 24.3 Å². The number of halogens is 3. The van der Waals surface area contributed by atoms with Gasteiger partial charge in [-0.25, -0.2) is 0 Å². The highest BCUT2D eigenvalue weighted by Crippen LogP contribution is 2.20. The van der Waals surface area contributed by atoms with Gasteiger partial charge in [0, 0.05) is 11.6 Å². The van der Waals surface area contributed by atoms with Crippen LogP contribution >= 0.6 is 0 Å². The molecular formula is C13H16F3NO2. The molecule has 0 aliphatic carbocycles. The molecular weight excluding hydrogens is 259 g/mol. The number of anilines is 1. The van der Waals surface area contributed by atoms with E-state index in [4.69, 9.17) is 0 Å². The van der Waals surface area contributed by atoms with Gasteiger partial charge in [0.25, 0.3) is 0 Å². The van der Waals surface area contributed by atoms with Gasteiger partial charge in [0.1, 0.15) is 5.75 Å². The topological polar surface area (TPSA) is 38.3 Å². The summed E-state index contributed by atoms with van der Waals surface area (Å²) in [5.41, 5.74) is 0.532. The van der Waals surface area contributed by atoms with Gasteiger partial charge in [0.15, 0.2) is 6.61 Å². The van der Waals surface area contributed by atoms with E-state index >= 15 is 0 Å². The summed E-state index contributed by atoms with van der Waals surface area (Å²) in [6.07, 6.45) is -3.64. The minimum atomic E-state index is -4.36. The summed E-state index contributed by atoms with van der Waals surface area (Å²) < 4.78 is 40.4. The summed E-state index contributed by atoms with van der Waals surface area (Å²) >= 11 is 0.